The van der Waals surface area contributed by atoms with Gasteiger partial charge in [0.2, 0.25) is 6.54 Å². The Morgan fingerprint density at radius 1 is 1.09 bits per heavy atom. The third kappa shape index (κ3) is 4.56. The molecule has 4 rings (SSSR count). The number of carbonyl (C=O) groups is 3. The van der Waals surface area contributed by atoms with E-state index in [0.29, 0.717) is 5.56 Å². The smallest absolute Gasteiger partial charge is 0.267 e. The van der Waals surface area contributed by atoms with Crippen molar-refractivity contribution in [3.05, 3.63) is 71.9 Å². The number of alkyl halides is 3. The van der Waals surface area contributed by atoms with Crippen molar-refractivity contribution >= 4 is 46.7 Å². The number of thiophene rings is 1. The van der Waals surface area contributed by atoms with Crippen LogP contribution in [0.25, 0.3) is 0 Å². The van der Waals surface area contributed by atoms with Gasteiger partial charge in [-0.05, 0) is 66.3 Å². The van der Waals surface area contributed by atoms with Crippen LogP contribution in [0, 0.1) is 0 Å². The molecule has 3 amide bonds. The number of anilines is 1. The first-order valence-electron chi connectivity index (χ1n) is 10.2. The van der Waals surface area contributed by atoms with E-state index >= 15 is 0 Å². The zero-order valence-corrected chi connectivity index (χ0v) is 20.1. The number of pyridine rings is 1. The topological polar surface area (TPSA) is 76.6 Å². The number of hydrogen-bond acceptors (Lipinski definition) is 7. The lowest BCUT2D eigenvalue weighted by molar-refractivity contribution is -1.06. The Balaban J connectivity index is 1.72. The first-order valence-corrected chi connectivity index (χ1v) is 11.9. The molecule has 182 valence electrons. The number of imide groups is 1. The highest BCUT2D eigenvalue weighted by Gasteiger charge is 2.67. The van der Waals surface area contributed by atoms with Crippen molar-refractivity contribution in [2.75, 3.05) is 11.4 Å². The van der Waals surface area contributed by atoms with Crippen molar-refractivity contribution in [1.82, 2.24) is 4.98 Å². The molecule has 1 aliphatic rings. The predicted molar refractivity (Wildman–Crippen MR) is 122 cm³/mol. The normalized spacial score (nSPS) is 18.7. The van der Waals surface area contributed by atoms with E-state index in [-0.39, 0.29) is 5.69 Å². The number of nitrogens with zero attached hydrogens (tertiary/aromatic N) is 3. The Hall–Kier alpha value is -3.22. The van der Waals surface area contributed by atoms with Gasteiger partial charge in [-0.15, -0.1) is 11.3 Å². The molecule has 0 bridgehead atoms. The van der Waals surface area contributed by atoms with Crippen molar-refractivity contribution in [1.29, 1.82) is 0 Å². The third-order valence-corrected chi connectivity index (χ3v) is 7.72. The molecule has 3 aromatic rings. The number of urea groups is 1. The molecule has 0 radical (unpaired) electrons. The molecule has 0 N–H and O–H groups in total. The van der Waals surface area contributed by atoms with Crippen LogP contribution in [0.1, 0.15) is 19.4 Å². The lowest BCUT2D eigenvalue weighted by atomic mass is 9.93. The summed E-state index contributed by atoms with van der Waals surface area (Å²) in [5, 5.41) is 1.93. The lowest BCUT2D eigenvalue weighted by Crippen LogP contribution is -2.63. The van der Waals surface area contributed by atoms with Crippen molar-refractivity contribution < 1.29 is 37.0 Å². The minimum absolute atomic E-state index is 0.157. The fourth-order valence-electron chi connectivity index (χ4n) is 3.74. The largest absolute Gasteiger partial charge is 0.497 e. The Bertz CT molecular complexity index is 1250. The average molecular weight is 523 g/mol. The Morgan fingerprint density at radius 2 is 1.74 bits per heavy atom. The molecule has 1 fully saturated rings. The molecule has 1 aliphatic heterocycles. The first kappa shape index (κ1) is 24.9. The Morgan fingerprint density at radius 3 is 2.31 bits per heavy atom. The van der Waals surface area contributed by atoms with Gasteiger partial charge in [-0.2, -0.15) is 18.1 Å². The summed E-state index contributed by atoms with van der Waals surface area (Å²) in [5.74, 6) is -3.36. The SMILES string of the molecule is CC(C)(c1ccncc1)[N+]1(OC(=O)C(F)(F)F)CC(=O)N(c2ccc(Sc3cccs3)cc2)C1=O. The molecule has 35 heavy (non-hydrogen) atoms. The molecular weight excluding hydrogens is 503 g/mol. The summed E-state index contributed by atoms with van der Waals surface area (Å²) in [6, 6.07) is 12.2. The second-order valence-electron chi connectivity index (χ2n) is 8.11. The van der Waals surface area contributed by atoms with Gasteiger partial charge < -0.3 is 0 Å². The van der Waals surface area contributed by atoms with Gasteiger partial charge in [0.25, 0.3) is 5.91 Å². The predicted octanol–water partition coefficient (Wildman–Crippen LogP) is 5.53. The average Bonchev–Trinajstić information content (AvgIpc) is 3.41. The van der Waals surface area contributed by atoms with E-state index in [1.807, 2.05) is 17.5 Å². The van der Waals surface area contributed by atoms with Gasteiger partial charge in [-0.1, -0.05) is 17.8 Å². The molecule has 7 nitrogen and oxygen atoms in total. The molecule has 12 heteroatoms. The highest BCUT2D eigenvalue weighted by Crippen LogP contribution is 2.43. The second-order valence-corrected chi connectivity index (χ2v) is 10.4. The van der Waals surface area contributed by atoms with E-state index in [1.165, 1.54) is 62.3 Å². The zero-order chi connectivity index (χ0) is 25.4. The summed E-state index contributed by atoms with van der Waals surface area (Å²) in [6.07, 6.45) is -2.58. The van der Waals surface area contributed by atoms with Crippen LogP contribution >= 0.6 is 23.1 Å². The summed E-state index contributed by atoms with van der Waals surface area (Å²) < 4.78 is 39.1. The van der Waals surface area contributed by atoms with Gasteiger partial charge in [0.15, 0.2) is 5.54 Å². The Kier molecular flexibility index (Phi) is 6.47. The molecule has 0 saturated carbocycles. The summed E-state index contributed by atoms with van der Waals surface area (Å²) in [5.41, 5.74) is -1.04. The van der Waals surface area contributed by atoms with E-state index in [2.05, 4.69) is 4.98 Å². The van der Waals surface area contributed by atoms with Crippen molar-refractivity contribution in [2.24, 2.45) is 0 Å². The van der Waals surface area contributed by atoms with Crippen LogP contribution in [0.15, 0.2) is 75.4 Å². The van der Waals surface area contributed by atoms with Gasteiger partial charge in [-0.3, -0.25) is 14.6 Å². The van der Waals surface area contributed by atoms with Gasteiger partial charge in [0.05, 0.1) is 9.90 Å². The minimum Gasteiger partial charge on any atom is -0.267 e. The molecular formula is C23H19F3N3O4S2+. The number of halogens is 3. The second kappa shape index (κ2) is 9.10. The van der Waals surface area contributed by atoms with Crippen LogP contribution in [0.2, 0.25) is 0 Å². The van der Waals surface area contributed by atoms with Crippen molar-refractivity contribution in [2.45, 2.75) is 34.7 Å². The molecule has 1 atom stereocenters. The number of quaternary nitrogens is 1. The standard InChI is InChI=1S/C23H19F3N3O4S2/c1-22(2,15-9-11-27-12-10-15)29(33-20(31)23(24,25)26)14-18(30)28(21(29)32)16-5-7-17(8-6-16)35-19-4-3-13-34-19/h3-13H,14H2,1-2H3/q+1. The van der Waals surface area contributed by atoms with Crippen LogP contribution in [0.3, 0.4) is 0 Å². The number of carbonyl (C=O) groups excluding carboxylic acids is 3. The molecule has 0 spiro atoms. The molecule has 3 heterocycles. The first-order chi connectivity index (χ1) is 16.5. The van der Waals surface area contributed by atoms with Crippen LogP contribution in [-0.2, 0) is 20.0 Å². The molecule has 0 aliphatic carbocycles. The van der Waals surface area contributed by atoms with E-state index in [0.717, 1.165) is 14.0 Å². The van der Waals surface area contributed by atoms with Crippen LogP contribution < -0.4 is 4.90 Å². The summed E-state index contributed by atoms with van der Waals surface area (Å²) in [7, 11) is 0. The number of hydrogen-bond donors (Lipinski definition) is 0. The van der Waals surface area contributed by atoms with E-state index < -0.39 is 40.8 Å². The van der Waals surface area contributed by atoms with Crippen molar-refractivity contribution in [3.8, 4) is 0 Å². The quantitative estimate of drug-likeness (QED) is 0.313. The third-order valence-electron chi connectivity index (χ3n) is 5.68. The maximum Gasteiger partial charge on any atom is 0.497 e. The van der Waals surface area contributed by atoms with Crippen LogP contribution in [0.5, 0.6) is 0 Å². The lowest BCUT2D eigenvalue weighted by Gasteiger charge is -2.39. The van der Waals surface area contributed by atoms with Crippen LogP contribution in [-0.4, -0.2) is 40.3 Å². The van der Waals surface area contributed by atoms with E-state index in [4.69, 9.17) is 4.84 Å². The molecule has 1 aromatic carbocycles. The van der Waals surface area contributed by atoms with Gasteiger partial charge in [0, 0.05) is 22.9 Å². The molecule has 1 saturated heterocycles. The summed E-state index contributed by atoms with van der Waals surface area (Å²) in [6.45, 7) is 2.06. The Labute approximate surface area is 206 Å². The monoisotopic (exact) mass is 522 g/mol. The van der Waals surface area contributed by atoms with Gasteiger partial charge >= 0.3 is 18.2 Å². The number of rotatable bonds is 6. The molecule has 1 unspecified atom stereocenters. The maximum atomic E-state index is 13.7. The highest BCUT2D eigenvalue weighted by atomic mass is 32.2. The van der Waals surface area contributed by atoms with Crippen molar-refractivity contribution in [3.63, 3.8) is 0 Å². The van der Waals surface area contributed by atoms with Gasteiger partial charge in [-0.25, -0.2) is 9.59 Å². The fourth-order valence-corrected chi connectivity index (χ4v) is 5.48. The van der Waals surface area contributed by atoms with E-state index in [9.17, 15) is 27.6 Å². The fraction of sp³-hybridized carbons (Fsp3) is 0.217. The van der Waals surface area contributed by atoms with Crippen LogP contribution in [0.4, 0.5) is 23.7 Å². The zero-order valence-electron chi connectivity index (χ0n) is 18.5. The number of hydroxylamine groups is 3. The van der Waals surface area contributed by atoms with Gasteiger partial charge in [0.1, 0.15) is 0 Å². The molecule has 2 aromatic heterocycles. The highest BCUT2D eigenvalue weighted by molar-refractivity contribution is 8.01. The van der Waals surface area contributed by atoms with E-state index in [1.54, 1.807) is 23.5 Å². The number of aromatic nitrogens is 1. The summed E-state index contributed by atoms with van der Waals surface area (Å²) >= 11 is 3.04. The minimum atomic E-state index is -5.36. The summed E-state index contributed by atoms with van der Waals surface area (Å²) in [4.78, 5) is 49.0. The maximum absolute atomic E-state index is 13.7. The number of amides is 3. The number of benzene rings is 1.